The zero-order chi connectivity index (χ0) is 13.5. The van der Waals surface area contributed by atoms with Crippen LogP contribution in [-0.4, -0.2) is 39.6 Å². The fourth-order valence-corrected chi connectivity index (χ4v) is 2.30. The normalized spacial score (nSPS) is 21.1. The molecule has 4 nitrogen and oxygen atoms in total. The minimum atomic E-state index is 0.0624. The van der Waals surface area contributed by atoms with Gasteiger partial charge in [0.2, 0.25) is 0 Å². The van der Waals surface area contributed by atoms with Gasteiger partial charge in [-0.1, -0.05) is 19.1 Å². The quantitative estimate of drug-likeness (QED) is 0.855. The minimum Gasteiger partial charge on any atom is -0.497 e. The van der Waals surface area contributed by atoms with E-state index in [1.54, 1.807) is 7.11 Å². The van der Waals surface area contributed by atoms with Crippen LogP contribution in [0.1, 0.15) is 24.9 Å². The van der Waals surface area contributed by atoms with Crippen LogP contribution in [0.15, 0.2) is 24.3 Å². The van der Waals surface area contributed by atoms with Gasteiger partial charge in [0.25, 0.3) is 0 Å². The largest absolute Gasteiger partial charge is 0.497 e. The Bertz CT molecular complexity index is 377. The Morgan fingerprint density at radius 3 is 3.00 bits per heavy atom. The van der Waals surface area contributed by atoms with Crippen LogP contribution in [0.25, 0.3) is 0 Å². The zero-order valence-corrected chi connectivity index (χ0v) is 11.7. The van der Waals surface area contributed by atoms with Crippen molar-refractivity contribution in [1.29, 1.82) is 0 Å². The molecule has 4 heteroatoms. The van der Waals surface area contributed by atoms with Gasteiger partial charge in [-0.2, -0.15) is 0 Å². The number of hydrogen-bond donors (Lipinski definition) is 1. The van der Waals surface area contributed by atoms with Gasteiger partial charge < -0.3 is 19.5 Å². The average molecular weight is 265 g/mol. The third-order valence-electron chi connectivity index (χ3n) is 3.28. The molecule has 1 N–H and O–H groups in total. The molecule has 2 atom stereocenters. The molecule has 1 heterocycles. The molecule has 0 bridgehead atoms. The van der Waals surface area contributed by atoms with Crippen molar-refractivity contribution in [3.63, 3.8) is 0 Å². The van der Waals surface area contributed by atoms with Crippen molar-refractivity contribution < 1.29 is 14.2 Å². The summed E-state index contributed by atoms with van der Waals surface area (Å²) in [5.74, 6) is 0.873. The summed E-state index contributed by atoms with van der Waals surface area (Å²) in [5, 5.41) is 3.55. The third-order valence-corrected chi connectivity index (χ3v) is 3.28. The molecule has 0 spiro atoms. The van der Waals surface area contributed by atoms with Crippen LogP contribution < -0.4 is 10.1 Å². The summed E-state index contributed by atoms with van der Waals surface area (Å²) in [7, 11) is 1.69. The van der Waals surface area contributed by atoms with Crippen molar-refractivity contribution in [2.75, 3.05) is 33.5 Å². The van der Waals surface area contributed by atoms with Gasteiger partial charge in [0, 0.05) is 0 Å². The first-order valence-electron chi connectivity index (χ1n) is 6.92. The van der Waals surface area contributed by atoms with E-state index >= 15 is 0 Å². The van der Waals surface area contributed by atoms with Gasteiger partial charge in [-0.3, -0.25) is 0 Å². The summed E-state index contributed by atoms with van der Waals surface area (Å²) in [4.78, 5) is 0. The maximum Gasteiger partial charge on any atom is 0.119 e. The summed E-state index contributed by atoms with van der Waals surface area (Å²) in [5.41, 5.74) is 1.18. The molecule has 1 aliphatic rings. The fourth-order valence-electron chi connectivity index (χ4n) is 2.30. The van der Waals surface area contributed by atoms with Gasteiger partial charge >= 0.3 is 0 Å². The Morgan fingerprint density at radius 1 is 1.42 bits per heavy atom. The van der Waals surface area contributed by atoms with Crippen molar-refractivity contribution in [2.45, 2.75) is 25.5 Å². The van der Waals surface area contributed by atoms with E-state index in [4.69, 9.17) is 14.2 Å². The Morgan fingerprint density at radius 2 is 2.32 bits per heavy atom. The van der Waals surface area contributed by atoms with Crippen LogP contribution >= 0.6 is 0 Å². The average Bonchev–Trinajstić information content (AvgIpc) is 2.49. The van der Waals surface area contributed by atoms with E-state index in [2.05, 4.69) is 24.4 Å². The van der Waals surface area contributed by atoms with Crippen LogP contribution in [0.4, 0.5) is 0 Å². The van der Waals surface area contributed by atoms with E-state index in [-0.39, 0.29) is 12.1 Å². The van der Waals surface area contributed by atoms with Crippen molar-refractivity contribution in [2.24, 2.45) is 0 Å². The highest BCUT2D eigenvalue weighted by molar-refractivity contribution is 5.31. The second-order valence-electron chi connectivity index (χ2n) is 4.69. The molecule has 0 aromatic heterocycles. The Labute approximate surface area is 115 Å². The van der Waals surface area contributed by atoms with Crippen molar-refractivity contribution >= 4 is 0 Å². The molecular formula is C15H23NO3. The number of ether oxygens (including phenoxy) is 3. The first-order chi connectivity index (χ1) is 9.35. The molecule has 19 heavy (non-hydrogen) atoms. The van der Waals surface area contributed by atoms with Crippen LogP contribution in [-0.2, 0) is 9.47 Å². The lowest BCUT2D eigenvalue weighted by atomic mass is 10.0. The van der Waals surface area contributed by atoms with E-state index in [1.165, 1.54) is 5.56 Å². The molecule has 1 saturated heterocycles. The fraction of sp³-hybridized carbons (Fsp3) is 0.600. The molecule has 0 amide bonds. The lowest BCUT2D eigenvalue weighted by Gasteiger charge is -2.31. The second kappa shape index (κ2) is 7.48. The molecular weight excluding hydrogens is 242 g/mol. The third kappa shape index (κ3) is 3.93. The van der Waals surface area contributed by atoms with Gasteiger partial charge in [-0.15, -0.1) is 0 Å². The molecule has 1 fully saturated rings. The first kappa shape index (κ1) is 14.3. The number of benzene rings is 1. The first-order valence-corrected chi connectivity index (χ1v) is 6.92. The van der Waals surface area contributed by atoms with Crippen LogP contribution in [0.5, 0.6) is 5.75 Å². The molecule has 2 rings (SSSR count). The highest BCUT2D eigenvalue weighted by Gasteiger charge is 2.26. The number of hydrogen-bond acceptors (Lipinski definition) is 4. The van der Waals surface area contributed by atoms with Gasteiger partial charge in [0.1, 0.15) is 11.9 Å². The predicted octanol–water partition coefficient (Wildman–Crippen LogP) is 2.15. The van der Waals surface area contributed by atoms with Gasteiger partial charge in [-0.05, 0) is 30.7 Å². The lowest BCUT2D eigenvalue weighted by Crippen LogP contribution is -2.40. The maximum absolute atomic E-state index is 5.84. The summed E-state index contributed by atoms with van der Waals surface area (Å²) >= 11 is 0. The second-order valence-corrected chi connectivity index (χ2v) is 4.69. The van der Waals surface area contributed by atoms with Crippen molar-refractivity contribution in [3.8, 4) is 5.75 Å². The molecule has 1 aromatic carbocycles. The van der Waals surface area contributed by atoms with Crippen LogP contribution in [0.3, 0.4) is 0 Å². The number of methoxy groups -OCH3 is 1. The lowest BCUT2D eigenvalue weighted by molar-refractivity contribution is -0.102. The van der Waals surface area contributed by atoms with Gasteiger partial charge in [0.15, 0.2) is 0 Å². The highest BCUT2D eigenvalue weighted by Crippen LogP contribution is 2.25. The van der Waals surface area contributed by atoms with Crippen LogP contribution in [0.2, 0.25) is 0 Å². The topological polar surface area (TPSA) is 39.7 Å². The summed E-state index contributed by atoms with van der Waals surface area (Å²) in [6.45, 7) is 5.11. The SMILES string of the molecule is CCCNC(c1cccc(OC)c1)C1COCCO1. The summed E-state index contributed by atoms with van der Waals surface area (Å²) in [6, 6.07) is 8.28. The van der Waals surface area contributed by atoms with Crippen LogP contribution in [0, 0.1) is 0 Å². The summed E-state index contributed by atoms with van der Waals surface area (Å²) in [6.07, 6.45) is 1.15. The van der Waals surface area contributed by atoms with Crippen molar-refractivity contribution in [1.82, 2.24) is 5.32 Å². The zero-order valence-electron chi connectivity index (χ0n) is 11.7. The molecule has 1 aliphatic heterocycles. The monoisotopic (exact) mass is 265 g/mol. The minimum absolute atomic E-state index is 0.0624. The number of nitrogens with one attached hydrogen (secondary N) is 1. The van der Waals surface area contributed by atoms with Gasteiger partial charge in [-0.25, -0.2) is 0 Å². The van der Waals surface area contributed by atoms with Crippen molar-refractivity contribution in [3.05, 3.63) is 29.8 Å². The Kier molecular flexibility index (Phi) is 5.63. The van der Waals surface area contributed by atoms with Gasteiger partial charge in [0.05, 0.1) is 33.0 Å². The van der Waals surface area contributed by atoms with E-state index in [1.807, 2.05) is 12.1 Å². The smallest absolute Gasteiger partial charge is 0.119 e. The van der Waals surface area contributed by atoms with E-state index in [0.29, 0.717) is 19.8 Å². The molecule has 1 aromatic rings. The van der Waals surface area contributed by atoms with E-state index in [0.717, 1.165) is 18.7 Å². The standard InChI is InChI=1S/C15H23NO3/c1-3-7-16-15(14-11-18-8-9-19-14)12-5-4-6-13(10-12)17-2/h4-6,10,14-16H,3,7-9,11H2,1-2H3. The maximum atomic E-state index is 5.84. The number of rotatable bonds is 6. The highest BCUT2D eigenvalue weighted by atomic mass is 16.6. The van der Waals surface area contributed by atoms with E-state index < -0.39 is 0 Å². The Balaban J connectivity index is 2.14. The Hall–Kier alpha value is -1.10. The molecule has 2 unspecified atom stereocenters. The predicted molar refractivity (Wildman–Crippen MR) is 74.6 cm³/mol. The molecule has 0 aliphatic carbocycles. The molecule has 106 valence electrons. The summed E-state index contributed by atoms with van der Waals surface area (Å²) < 4.78 is 16.7. The van der Waals surface area contributed by atoms with E-state index in [9.17, 15) is 0 Å². The molecule has 0 saturated carbocycles. The molecule has 0 radical (unpaired) electrons.